The highest BCUT2D eigenvalue weighted by Crippen LogP contribution is 2.40. The maximum absolute atomic E-state index is 14.2. The Labute approximate surface area is 156 Å². The molecule has 1 atom stereocenters. The molecule has 1 amide bonds. The number of methoxy groups -OCH3 is 1. The van der Waals surface area contributed by atoms with E-state index in [-0.39, 0.29) is 17.1 Å². The van der Waals surface area contributed by atoms with Gasteiger partial charge < -0.3 is 14.5 Å². The molecule has 2 saturated heterocycles. The number of carbonyl (C=O) groups excluding carboxylic acids is 1. The van der Waals surface area contributed by atoms with Crippen molar-refractivity contribution in [2.45, 2.75) is 46.1 Å². The lowest BCUT2D eigenvalue weighted by molar-refractivity contribution is -0.146. The number of ether oxygens (including phenoxy) is 1. The van der Waals surface area contributed by atoms with Crippen LogP contribution >= 0.6 is 0 Å². The lowest BCUT2D eigenvalue weighted by Gasteiger charge is -2.39. The van der Waals surface area contributed by atoms with E-state index in [1.54, 1.807) is 19.2 Å². The number of benzene rings is 1. The third-order valence-electron chi connectivity index (χ3n) is 5.89. The molecule has 4 nitrogen and oxygen atoms in total. The molecule has 3 rings (SSSR count). The van der Waals surface area contributed by atoms with Crippen molar-refractivity contribution in [3.63, 3.8) is 0 Å². The highest BCUT2D eigenvalue weighted by molar-refractivity contribution is 5.84. The molecule has 2 aliphatic rings. The molecule has 2 heterocycles. The minimum absolute atomic E-state index is 0.206. The van der Waals surface area contributed by atoms with Crippen molar-refractivity contribution in [2.75, 3.05) is 33.3 Å². The maximum atomic E-state index is 14.2. The van der Waals surface area contributed by atoms with E-state index in [2.05, 4.69) is 18.7 Å². The molecule has 1 aromatic rings. The monoisotopic (exact) mass is 362 g/mol. The van der Waals surface area contributed by atoms with Crippen LogP contribution in [0.25, 0.3) is 0 Å². The van der Waals surface area contributed by atoms with Crippen molar-refractivity contribution in [3.8, 4) is 5.75 Å². The molecule has 0 N–H and O–H groups in total. The van der Waals surface area contributed by atoms with Crippen molar-refractivity contribution in [3.05, 3.63) is 29.6 Å². The number of hydrogen-bond acceptors (Lipinski definition) is 3. The van der Waals surface area contributed by atoms with Crippen molar-refractivity contribution in [1.29, 1.82) is 0 Å². The fraction of sp³-hybridized carbons (Fsp3) is 0.667. The van der Waals surface area contributed by atoms with Gasteiger partial charge in [-0.2, -0.15) is 0 Å². The second kappa shape index (κ2) is 7.95. The number of carbonyl (C=O) groups is 1. The summed E-state index contributed by atoms with van der Waals surface area (Å²) in [6, 6.07) is 4.73. The van der Waals surface area contributed by atoms with E-state index >= 15 is 0 Å². The van der Waals surface area contributed by atoms with Gasteiger partial charge in [-0.05, 0) is 62.9 Å². The van der Waals surface area contributed by atoms with Crippen molar-refractivity contribution in [1.82, 2.24) is 9.80 Å². The number of halogens is 1. The normalized spacial score (nSPS) is 24.0. The molecule has 0 saturated carbocycles. The number of amides is 1. The minimum atomic E-state index is -0.275. The first kappa shape index (κ1) is 19.2. The van der Waals surface area contributed by atoms with Crippen LogP contribution in [0.5, 0.6) is 5.75 Å². The fourth-order valence-corrected chi connectivity index (χ4v) is 4.28. The Morgan fingerprint density at radius 2 is 2.08 bits per heavy atom. The van der Waals surface area contributed by atoms with Crippen LogP contribution in [0.1, 0.15) is 45.1 Å². The second-order valence-corrected chi connectivity index (χ2v) is 8.28. The maximum Gasteiger partial charge on any atom is 0.230 e. The summed E-state index contributed by atoms with van der Waals surface area (Å²) in [7, 11) is 1.57. The van der Waals surface area contributed by atoms with E-state index in [9.17, 15) is 9.18 Å². The number of piperidine rings is 1. The Balaban J connectivity index is 1.69. The zero-order valence-electron chi connectivity index (χ0n) is 16.3. The van der Waals surface area contributed by atoms with E-state index in [4.69, 9.17) is 4.74 Å². The predicted octanol–water partition coefficient (Wildman–Crippen LogP) is 3.69. The van der Waals surface area contributed by atoms with Crippen LogP contribution in [0.4, 0.5) is 4.39 Å². The van der Waals surface area contributed by atoms with Crippen LogP contribution in [-0.4, -0.2) is 49.0 Å². The average molecular weight is 362 g/mol. The molecule has 0 bridgehead atoms. The molecule has 2 fully saturated rings. The Morgan fingerprint density at radius 1 is 1.27 bits per heavy atom. The quantitative estimate of drug-likeness (QED) is 0.774. The topological polar surface area (TPSA) is 32.8 Å². The van der Waals surface area contributed by atoms with E-state index in [0.717, 1.165) is 38.9 Å². The third kappa shape index (κ3) is 4.03. The summed E-state index contributed by atoms with van der Waals surface area (Å²) in [4.78, 5) is 17.5. The van der Waals surface area contributed by atoms with E-state index < -0.39 is 0 Å². The van der Waals surface area contributed by atoms with Gasteiger partial charge in [-0.3, -0.25) is 4.79 Å². The van der Waals surface area contributed by atoms with Gasteiger partial charge in [0.25, 0.3) is 0 Å². The van der Waals surface area contributed by atoms with Crippen molar-refractivity contribution in [2.24, 2.45) is 11.3 Å². The van der Waals surface area contributed by atoms with Gasteiger partial charge in [-0.15, -0.1) is 0 Å². The van der Waals surface area contributed by atoms with Crippen molar-refractivity contribution >= 4 is 5.91 Å². The summed E-state index contributed by atoms with van der Waals surface area (Å²) in [5, 5.41) is 0. The standard InChI is InChI=1S/C21H31FN2O2/c1-16(2)7-11-23-12-9-21(15-23)8-4-10-24(20(21)25)14-17-13-18(26-3)5-6-19(17)22/h5-6,13,16H,4,7-12,14-15H2,1-3H3/t21-/m1/s1. The molecule has 0 aliphatic carbocycles. The highest BCUT2D eigenvalue weighted by atomic mass is 19.1. The smallest absolute Gasteiger partial charge is 0.230 e. The van der Waals surface area contributed by atoms with Gasteiger partial charge in [0.15, 0.2) is 0 Å². The van der Waals surface area contributed by atoms with E-state index in [1.165, 1.54) is 12.5 Å². The molecular weight excluding hydrogens is 331 g/mol. The van der Waals surface area contributed by atoms with Gasteiger partial charge in [0, 0.05) is 25.2 Å². The highest BCUT2D eigenvalue weighted by Gasteiger charge is 2.48. The molecular formula is C21H31FN2O2. The van der Waals surface area contributed by atoms with Gasteiger partial charge in [-0.25, -0.2) is 4.39 Å². The summed E-state index contributed by atoms with van der Waals surface area (Å²) >= 11 is 0. The zero-order chi connectivity index (χ0) is 18.7. The van der Waals surface area contributed by atoms with Crippen LogP contribution < -0.4 is 4.74 Å². The second-order valence-electron chi connectivity index (χ2n) is 8.28. The van der Waals surface area contributed by atoms with Crippen LogP contribution in [0.2, 0.25) is 0 Å². The summed E-state index contributed by atoms with van der Waals surface area (Å²) < 4.78 is 19.4. The number of rotatable bonds is 6. The van der Waals surface area contributed by atoms with E-state index in [1.807, 2.05) is 4.90 Å². The first-order chi connectivity index (χ1) is 12.4. The lowest BCUT2D eigenvalue weighted by Crippen LogP contribution is -2.49. The van der Waals surface area contributed by atoms with Crippen LogP contribution in [-0.2, 0) is 11.3 Å². The van der Waals surface area contributed by atoms with Gasteiger partial charge in [0.05, 0.1) is 12.5 Å². The molecule has 144 valence electrons. The number of nitrogens with zero attached hydrogens (tertiary/aromatic N) is 2. The number of likely N-dealkylation sites (tertiary alicyclic amines) is 2. The Morgan fingerprint density at radius 3 is 2.81 bits per heavy atom. The molecule has 2 aliphatic heterocycles. The molecule has 5 heteroatoms. The van der Waals surface area contributed by atoms with Gasteiger partial charge in [0.2, 0.25) is 5.91 Å². The largest absolute Gasteiger partial charge is 0.497 e. The van der Waals surface area contributed by atoms with Crippen molar-refractivity contribution < 1.29 is 13.9 Å². The third-order valence-corrected chi connectivity index (χ3v) is 5.89. The molecule has 0 unspecified atom stereocenters. The predicted molar refractivity (Wildman–Crippen MR) is 101 cm³/mol. The van der Waals surface area contributed by atoms with Gasteiger partial charge in [0.1, 0.15) is 11.6 Å². The minimum Gasteiger partial charge on any atom is -0.497 e. The summed E-state index contributed by atoms with van der Waals surface area (Å²) in [5.74, 6) is 1.24. The lowest BCUT2D eigenvalue weighted by atomic mass is 9.78. The van der Waals surface area contributed by atoms with Crippen LogP contribution in [0, 0.1) is 17.2 Å². The van der Waals surface area contributed by atoms with Gasteiger partial charge in [-0.1, -0.05) is 13.8 Å². The summed E-state index contributed by atoms with van der Waals surface area (Å²) in [5.41, 5.74) is 0.273. The first-order valence-electron chi connectivity index (χ1n) is 9.78. The molecule has 1 aromatic carbocycles. The number of hydrogen-bond donors (Lipinski definition) is 0. The average Bonchev–Trinajstić information content (AvgIpc) is 3.03. The molecule has 26 heavy (non-hydrogen) atoms. The zero-order valence-corrected chi connectivity index (χ0v) is 16.3. The van der Waals surface area contributed by atoms with E-state index in [0.29, 0.717) is 30.3 Å². The first-order valence-corrected chi connectivity index (χ1v) is 9.78. The Hall–Kier alpha value is -1.62. The van der Waals surface area contributed by atoms with Gasteiger partial charge >= 0.3 is 0 Å². The molecule has 0 aromatic heterocycles. The summed E-state index contributed by atoms with van der Waals surface area (Å²) in [6.07, 6.45) is 4.06. The fourth-order valence-electron chi connectivity index (χ4n) is 4.28. The SMILES string of the molecule is COc1ccc(F)c(CN2CCC[C@]3(CCN(CCC(C)C)C3)C2=O)c1. The Kier molecular flexibility index (Phi) is 5.86. The van der Waals surface area contributed by atoms with Crippen LogP contribution in [0.3, 0.4) is 0 Å². The van der Waals surface area contributed by atoms with Crippen LogP contribution in [0.15, 0.2) is 18.2 Å². The molecule has 1 spiro atoms. The Bertz CT molecular complexity index is 649. The summed E-state index contributed by atoms with van der Waals surface area (Å²) in [6.45, 7) is 8.44. The molecule has 0 radical (unpaired) electrons.